The molecule has 4 nitrogen and oxygen atoms in total. The molecule has 0 radical (unpaired) electrons. The molecule has 4 rings (SSSR count). The first-order valence-corrected chi connectivity index (χ1v) is 9.06. The van der Waals surface area contributed by atoms with Gasteiger partial charge in [0.25, 0.3) is 0 Å². The lowest BCUT2D eigenvalue weighted by Crippen LogP contribution is -2.21. The Morgan fingerprint density at radius 1 is 0.963 bits per heavy atom. The van der Waals surface area contributed by atoms with Gasteiger partial charge in [0.2, 0.25) is 5.91 Å². The highest BCUT2D eigenvalue weighted by atomic mass is 16.5. The summed E-state index contributed by atoms with van der Waals surface area (Å²) in [6.07, 6.45) is 0. The minimum absolute atomic E-state index is 0.0185. The van der Waals surface area contributed by atoms with Crippen molar-refractivity contribution < 1.29 is 9.53 Å². The van der Waals surface area contributed by atoms with E-state index < -0.39 is 0 Å². The van der Waals surface area contributed by atoms with Crippen molar-refractivity contribution in [2.45, 2.75) is 18.6 Å². The third-order valence-corrected chi connectivity index (χ3v) is 4.88. The molecule has 3 aromatic carbocycles. The van der Waals surface area contributed by atoms with Gasteiger partial charge in [0, 0.05) is 12.2 Å². The van der Waals surface area contributed by atoms with E-state index in [0.29, 0.717) is 0 Å². The molecular formula is C23H22N2O2. The lowest BCUT2D eigenvalue weighted by atomic mass is 10.1. The molecule has 0 bridgehead atoms. The Labute approximate surface area is 159 Å². The van der Waals surface area contributed by atoms with Gasteiger partial charge in [-0.3, -0.25) is 9.69 Å². The second-order valence-corrected chi connectivity index (χ2v) is 6.68. The van der Waals surface area contributed by atoms with Gasteiger partial charge < -0.3 is 10.1 Å². The summed E-state index contributed by atoms with van der Waals surface area (Å²) in [6.45, 7) is 0.732. The van der Waals surface area contributed by atoms with E-state index >= 15 is 0 Å². The van der Waals surface area contributed by atoms with Crippen molar-refractivity contribution in [1.29, 1.82) is 0 Å². The van der Waals surface area contributed by atoms with Crippen LogP contribution in [0.3, 0.4) is 0 Å². The van der Waals surface area contributed by atoms with Crippen LogP contribution >= 0.6 is 0 Å². The number of benzene rings is 3. The summed E-state index contributed by atoms with van der Waals surface area (Å²) in [5.74, 6) is 0.825. The maximum Gasteiger partial charge on any atom is 0.243 e. The summed E-state index contributed by atoms with van der Waals surface area (Å²) in [7, 11) is 1.66. The van der Waals surface area contributed by atoms with Gasteiger partial charge in [0.1, 0.15) is 11.8 Å². The molecule has 4 heteroatoms. The molecule has 0 aliphatic carbocycles. The van der Waals surface area contributed by atoms with Crippen LogP contribution in [0.4, 0.5) is 5.69 Å². The first-order valence-electron chi connectivity index (χ1n) is 9.06. The van der Waals surface area contributed by atoms with Gasteiger partial charge in [0.05, 0.1) is 13.2 Å². The molecule has 1 unspecified atom stereocenters. The van der Waals surface area contributed by atoms with Crippen LogP contribution in [0.5, 0.6) is 5.75 Å². The third-order valence-electron chi connectivity index (χ3n) is 4.88. The van der Waals surface area contributed by atoms with Gasteiger partial charge in [-0.2, -0.15) is 0 Å². The van der Waals surface area contributed by atoms with Gasteiger partial charge >= 0.3 is 0 Å². The number of hydrogen-bond donors (Lipinski definition) is 1. The summed E-state index contributed by atoms with van der Waals surface area (Å²) in [4.78, 5) is 15.1. The van der Waals surface area contributed by atoms with Crippen molar-refractivity contribution in [2.75, 3.05) is 12.4 Å². The number of anilines is 1. The van der Waals surface area contributed by atoms with Crippen LogP contribution in [0.15, 0.2) is 84.9 Å². The minimum Gasteiger partial charge on any atom is -0.497 e. The van der Waals surface area contributed by atoms with Crippen LogP contribution in [0, 0.1) is 0 Å². The van der Waals surface area contributed by atoms with E-state index in [1.54, 1.807) is 7.11 Å². The number of carbonyl (C=O) groups is 1. The monoisotopic (exact) mass is 358 g/mol. The molecule has 1 aliphatic rings. The highest BCUT2D eigenvalue weighted by Gasteiger charge is 2.53. The average Bonchev–Trinajstić information content (AvgIpc) is 3.43. The van der Waals surface area contributed by atoms with Crippen LogP contribution in [-0.4, -0.2) is 24.0 Å². The van der Waals surface area contributed by atoms with Crippen molar-refractivity contribution >= 4 is 11.6 Å². The summed E-state index contributed by atoms with van der Waals surface area (Å²) >= 11 is 0. The Hall–Kier alpha value is -3.11. The Kier molecular flexibility index (Phi) is 4.90. The number of methoxy groups -OCH3 is 1. The fraction of sp³-hybridized carbons (Fsp3) is 0.174. The summed E-state index contributed by atoms with van der Waals surface area (Å²) in [5.41, 5.74) is 3.11. The molecule has 3 atom stereocenters. The number of carbonyl (C=O) groups excluding carboxylic acids is 1. The number of nitrogens with one attached hydrogen (secondary N) is 1. The lowest BCUT2D eigenvalue weighted by Gasteiger charge is -2.06. The van der Waals surface area contributed by atoms with Crippen molar-refractivity contribution in [1.82, 2.24) is 4.90 Å². The van der Waals surface area contributed by atoms with E-state index in [4.69, 9.17) is 4.74 Å². The van der Waals surface area contributed by atoms with Gasteiger partial charge in [-0.25, -0.2) is 0 Å². The number of ether oxygens (including phenoxy) is 1. The number of rotatable bonds is 6. The fourth-order valence-electron chi connectivity index (χ4n) is 3.50. The van der Waals surface area contributed by atoms with Crippen LogP contribution in [0.25, 0.3) is 0 Å². The SMILES string of the molecule is COc1cccc([C@H]2[C@H](C(=O)Nc3ccccc3)N2Cc2ccccc2)c1. The summed E-state index contributed by atoms with van der Waals surface area (Å²) in [6, 6.07) is 27.6. The fourth-order valence-corrected chi connectivity index (χ4v) is 3.50. The summed E-state index contributed by atoms with van der Waals surface area (Å²) < 4.78 is 5.36. The van der Waals surface area contributed by atoms with Gasteiger partial charge in [0.15, 0.2) is 0 Å². The Bertz CT molecular complexity index is 912. The summed E-state index contributed by atoms with van der Waals surface area (Å²) in [5, 5.41) is 3.04. The average molecular weight is 358 g/mol. The van der Waals surface area contributed by atoms with E-state index in [2.05, 4.69) is 28.4 Å². The van der Waals surface area contributed by atoms with Crippen LogP contribution in [0.2, 0.25) is 0 Å². The molecule has 3 aromatic rings. The van der Waals surface area contributed by atoms with Crippen molar-refractivity contribution in [3.05, 3.63) is 96.1 Å². The smallest absolute Gasteiger partial charge is 0.243 e. The molecule has 0 spiro atoms. The van der Waals surface area contributed by atoms with Crippen LogP contribution in [0.1, 0.15) is 17.2 Å². The molecular weight excluding hydrogens is 336 g/mol. The molecule has 1 amide bonds. The molecule has 1 heterocycles. The van der Waals surface area contributed by atoms with Crippen molar-refractivity contribution in [3.8, 4) is 5.75 Å². The van der Waals surface area contributed by atoms with E-state index in [-0.39, 0.29) is 18.0 Å². The molecule has 0 aromatic heterocycles. The topological polar surface area (TPSA) is 41.3 Å². The molecule has 27 heavy (non-hydrogen) atoms. The number of para-hydroxylation sites is 1. The largest absolute Gasteiger partial charge is 0.497 e. The predicted octanol–water partition coefficient (Wildman–Crippen LogP) is 4.26. The molecule has 0 saturated carbocycles. The molecule has 1 aliphatic heterocycles. The first-order chi connectivity index (χ1) is 13.3. The highest BCUT2D eigenvalue weighted by Crippen LogP contribution is 2.45. The van der Waals surface area contributed by atoms with E-state index in [1.807, 2.05) is 66.7 Å². The normalized spacial score (nSPS) is 20.7. The molecule has 1 saturated heterocycles. The zero-order chi connectivity index (χ0) is 18.6. The molecule has 1 N–H and O–H groups in total. The predicted molar refractivity (Wildman–Crippen MR) is 107 cm³/mol. The number of amides is 1. The Morgan fingerprint density at radius 3 is 2.37 bits per heavy atom. The minimum atomic E-state index is -0.197. The van der Waals surface area contributed by atoms with Gasteiger partial charge in [-0.1, -0.05) is 60.7 Å². The van der Waals surface area contributed by atoms with Crippen molar-refractivity contribution in [3.63, 3.8) is 0 Å². The highest BCUT2D eigenvalue weighted by molar-refractivity contribution is 5.97. The maximum atomic E-state index is 12.9. The van der Waals surface area contributed by atoms with E-state index in [9.17, 15) is 4.79 Å². The molecule has 1 fully saturated rings. The zero-order valence-electron chi connectivity index (χ0n) is 15.2. The lowest BCUT2D eigenvalue weighted by molar-refractivity contribution is -0.116. The zero-order valence-corrected chi connectivity index (χ0v) is 15.2. The van der Waals surface area contributed by atoms with E-state index in [1.165, 1.54) is 5.56 Å². The Balaban J connectivity index is 1.57. The van der Waals surface area contributed by atoms with Crippen LogP contribution < -0.4 is 10.1 Å². The van der Waals surface area contributed by atoms with Gasteiger partial charge in [-0.05, 0) is 35.4 Å². The van der Waals surface area contributed by atoms with Crippen molar-refractivity contribution in [2.24, 2.45) is 0 Å². The Morgan fingerprint density at radius 2 is 1.67 bits per heavy atom. The second-order valence-electron chi connectivity index (χ2n) is 6.68. The van der Waals surface area contributed by atoms with Crippen LogP contribution in [-0.2, 0) is 11.3 Å². The van der Waals surface area contributed by atoms with E-state index in [0.717, 1.165) is 23.5 Å². The first kappa shape index (κ1) is 17.3. The molecule has 136 valence electrons. The number of nitrogens with zero attached hydrogens (tertiary/aromatic N) is 1. The second kappa shape index (κ2) is 7.64. The third kappa shape index (κ3) is 3.86. The standard InChI is InChI=1S/C23H22N2O2/c1-27-20-14-8-11-18(15-20)21-22(23(26)24-19-12-6-3-7-13-19)25(21)16-17-9-4-2-5-10-17/h2-15,21-22H,16H2,1H3,(H,24,26)/t21-,22+,25?/m0/s1. The quantitative estimate of drug-likeness (QED) is 0.670. The number of hydrogen-bond acceptors (Lipinski definition) is 3. The maximum absolute atomic E-state index is 12.9. The van der Waals surface area contributed by atoms with Gasteiger partial charge in [-0.15, -0.1) is 0 Å².